The summed E-state index contributed by atoms with van der Waals surface area (Å²) in [6.45, 7) is 2.52. The second-order valence-corrected chi connectivity index (χ2v) is 4.24. The first-order valence-corrected chi connectivity index (χ1v) is 6.33. The van der Waals surface area contributed by atoms with Crippen LogP contribution in [0.1, 0.15) is 20.3 Å². The fourth-order valence-electron chi connectivity index (χ4n) is 1.08. The zero-order valence-electron chi connectivity index (χ0n) is 12.3. The number of carbonyl (C=O) groups is 3. The van der Waals surface area contributed by atoms with Gasteiger partial charge >= 0.3 is 18.2 Å². The van der Waals surface area contributed by atoms with Gasteiger partial charge < -0.3 is 29.4 Å². The van der Waals surface area contributed by atoms with E-state index in [0.29, 0.717) is 0 Å². The standard InChI is InChI=1S/C12H21NO8/c1-8(2)13-11(16)21-9(6-14)7-20-10(15)4-5-19-12(17)18-3/h8-9,14H,4-7H2,1-3H3,(H,13,16). The Kier molecular flexibility index (Phi) is 9.69. The monoisotopic (exact) mass is 307 g/mol. The molecule has 1 unspecified atom stereocenters. The zero-order valence-corrected chi connectivity index (χ0v) is 12.3. The van der Waals surface area contributed by atoms with E-state index in [4.69, 9.17) is 14.6 Å². The van der Waals surface area contributed by atoms with Crippen LogP contribution in [0.25, 0.3) is 0 Å². The quantitative estimate of drug-likeness (QED) is 0.482. The van der Waals surface area contributed by atoms with Crippen molar-refractivity contribution >= 4 is 18.2 Å². The number of aliphatic hydroxyl groups excluding tert-OH is 1. The lowest BCUT2D eigenvalue weighted by molar-refractivity contribution is -0.148. The molecule has 9 heteroatoms. The third kappa shape index (κ3) is 10.4. The van der Waals surface area contributed by atoms with Gasteiger partial charge in [0.1, 0.15) is 13.2 Å². The molecule has 0 bridgehead atoms. The third-order valence-corrected chi connectivity index (χ3v) is 2.01. The first kappa shape index (κ1) is 19.0. The van der Waals surface area contributed by atoms with Crippen LogP contribution in [0.4, 0.5) is 9.59 Å². The van der Waals surface area contributed by atoms with E-state index >= 15 is 0 Å². The van der Waals surface area contributed by atoms with Crippen molar-refractivity contribution in [2.75, 3.05) is 26.9 Å². The van der Waals surface area contributed by atoms with Gasteiger partial charge in [-0.2, -0.15) is 0 Å². The maximum atomic E-state index is 11.3. The Morgan fingerprint density at radius 1 is 1.19 bits per heavy atom. The highest BCUT2D eigenvalue weighted by molar-refractivity contribution is 5.70. The van der Waals surface area contributed by atoms with E-state index in [1.807, 2.05) is 0 Å². The van der Waals surface area contributed by atoms with Crippen LogP contribution in [0.5, 0.6) is 0 Å². The molecule has 0 saturated heterocycles. The number of carbonyl (C=O) groups excluding carboxylic acids is 3. The number of ether oxygens (including phenoxy) is 4. The molecule has 2 N–H and O–H groups in total. The van der Waals surface area contributed by atoms with E-state index in [-0.39, 0.29) is 25.7 Å². The minimum absolute atomic E-state index is 0.116. The van der Waals surface area contributed by atoms with E-state index < -0.39 is 30.9 Å². The molecule has 1 amide bonds. The van der Waals surface area contributed by atoms with Gasteiger partial charge in [0.2, 0.25) is 0 Å². The van der Waals surface area contributed by atoms with Gasteiger partial charge in [-0.1, -0.05) is 0 Å². The van der Waals surface area contributed by atoms with Gasteiger partial charge in [-0.25, -0.2) is 9.59 Å². The summed E-state index contributed by atoms with van der Waals surface area (Å²) >= 11 is 0. The summed E-state index contributed by atoms with van der Waals surface area (Å²) in [5, 5.41) is 11.5. The van der Waals surface area contributed by atoms with Crippen LogP contribution in [0.3, 0.4) is 0 Å². The predicted molar refractivity (Wildman–Crippen MR) is 69.6 cm³/mol. The van der Waals surface area contributed by atoms with Crippen molar-refractivity contribution in [2.45, 2.75) is 32.4 Å². The molecule has 0 saturated carbocycles. The molecule has 1 atom stereocenters. The lowest BCUT2D eigenvalue weighted by Gasteiger charge is -2.17. The van der Waals surface area contributed by atoms with Gasteiger partial charge in [-0.3, -0.25) is 4.79 Å². The van der Waals surface area contributed by atoms with Crippen LogP contribution in [-0.2, 0) is 23.7 Å². The molecule has 0 rings (SSSR count). The van der Waals surface area contributed by atoms with Crippen molar-refractivity contribution in [1.29, 1.82) is 0 Å². The SMILES string of the molecule is COC(=O)OCCC(=O)OCC(CO)OC(=O)NC(C)C. The predicted octanol–water partition coefficient (Wildman–Crippen LogP) is 0.198. The molecular weight excluding hydrogens is 286 g/mol. The smallest absolute Gasteiger partial charge is 0.462 e. The number of hydrogen-bond donors (Lipinski definition) is 2. The maximum Gasteiger partial charge on any atom is 0.507 e. The highest BCUT2D eigenvalue weighted by Gasteiger charge is 2.16. The van der Waals surface area contributed by atoms with Crippen molar-refractivity contribution in [2.24, 2.45) is 0 Å². The molecule has 0 aromatic rings. The normalized spacial score (nSPS) is 11.5. The number of alkyl carbamates (subject to hydrolysis) is 1. The molecule has 0 spiro atoms. The summed E-state index contributed by atoms with van der Waals surface area (Å²) in [7, 11) is 1.14. The summed E-state index contributed by atoms with van der Waals surface area (Å²) in [5.41, 5.74) is 0. The fourth-order valence-corrected chi connectivity index (χ4v) is 1.08. The topological polar surface area (TPSA) is 120 Å². The Balaban J connectivity index is 3.91. The molecule has 0 aliphatic rings. The first-order valence-electron chi connectivity index (χ1n) is 6.33. The number of rotatable bonds is 8. The zero-order chi connectivity index (χ0) is 16.3. The molecule has 122 valence electrons. The Hall–Kier alpha value is -2.03. The van der Waals surface area contributed by atoms with Crippen molar-refractivity contribution in [3.8, 4) is 0 Å². The van der Waals surface area contributed by atoms with Gasteiger partial charge in [0.05, 0.1) is 20.1 Å². The van der Waals surface area contributed by atoms with E-state index in [1.54, 1.807) is 13.8 Å². The molecule has 0 aliphatic heterocycles. The lowest BCUT2D eigenvalue weighted by Crippen LogP contribution is -2.37. The summed E-state index contributed by atoms with van der Waals surface area (Å²) in [6, 6.07) is -0.116. The third-order valence-electron chi connectivity index (χ3n) is 2.01. The van der Waals surface area contributed by atoms with Crippen molar-refractivity contribution < 1.29 is 38.4 Å². The van der Waals surface area contributed by atoms with E-state index in [1.165, 1.54) is 0 Å². The Labute approximate surface area is 122 Å². The minimum atomic E-state index is -0.964. The average Bonchev–Trinajstić information content (AvgIpc) is 2.42. The Morgan fingerprint density at radius 3 is 2.38 bits per heavy atom. The van der Waals surface area contributed by atoms with E-state index in [9.17, 15) is 14.4 Å². The number of aliphatic hydroxyl groups is 1. The summed E-state index contributed by atoms with van der Waals surface area (Å²) in [5.74, 6) is -0.662. The van der Waals surface area contributed by atoms with Crippen molar-refractivity contribution in [3.63, 3.8) is 0 Å². The first-order chi connectivity index (χ1) is 9.88. The van der Waals surface area contributed by atoms with Crippen LogP contribution in [0, 0.1) is 0 Å². The maximum absolute atomic E-state index is 11.3. The number of esters is 1. The summed E-state index contributed by atoms with van der Waals surface area (Å²) < 4.78 is 18.3. The number of nitrogens with one attached hydrogen (secondary N) is 1. The van der Waals surface area contributed by atoms with E-state index in [2.05, 4.69) is 14.8 Å². The van der Waals surface area contributed by atoms with Crippen molar-refractivity contribution in [1.82, 2.24) is 5.32 Å². The second-order valence-electron chi connectivity index (χ2n) is 4.24. The fraction of sp³-hybridized carbons (Fsp3) is 0.750. The number of amides is 1. The minimum Gasteiger partial charge on any atom is -0.462 e. The molecule has 0 aromatic carbocycles. The lowest BCUT2D eigenvalue weighted by atomic mass is 10.4. The van der Waals surface area contributed by atoms with Crippen LogP contribution in [-0.4, -0.2) is 62.4 Å². The largest absolute Gasteiger partial charge is 0.507 e. The Morgan fingerprint density at radius 2 is 1.86 bits per heavy atom. The molecule has 9 nitrogen and oxygen atoms in total. The van der Waals surface area contributed by atoms with Crippen molar-refractivity contribution in [3.05, 3.63) is 0 Å². The molecule has 0 heterocycles. The average molecular weight is 307 g/mol. The van der Waals surface area contributed by atoms with Gasteiger partial charge in [0.25, 0.3) is 0 Å². The van der Waals surface area contributed by atoms with Gasteiger partial charge in [0.15, 0.2) is 6.10 Å². The molecule has 0 aromatic heterocycles. The summed E-state index contributed by atoms with van der Waals surface area (Å²) in [4.78, 5) is 33.2. The number of hydrogen-bond acceptors (Lipinski definition) is 8. The molecule has 0 aliphatic carbocycles. The van der Waals surface area contributed by atoms with E-state index in [0.717, 1.165) is 7.11 Å². The summed E-state index contributed by atoms with van der Waals surface area (Å²) in [6.07, 6.45) is -2.75. The highest BCUT2D eigenvalue weighted by Crippen LogP contribution is 1.97. The van der Waals surface area contributed by atoms with Crippen LogP contribution in [0.15, 0.2) is 0 Å². The van der Waals surface area contributed by atoms with Gasteiger partial charge in [-0.15, -0.1) is 0 Å². The molecule has 0 fully saturated rings. The van der Waals surface area contributed by atoms with Gasteiger partial charge in [0, 0.05) is 6.04 Å². The molecule has 21 heavy (non-hydrogen) atoms. The van der Waals surface area contributed by atoms with Crippen LogP contribution in [0.2, 0.25) is 0 Å². The highest BCUT2D eigenvalue weighted by atomic mass is 16.7. The Bertz CT molecular complexity index is 344. The molecular formula is C12H21NO8. The molecule has 0 radical (unpaired) electrons. The van der Waals surface area contributed by atoms with Crippen LogP contribution >= 0.6 is 0 Å². The van der Waals surface area contributed by atoms with Gasteiger partial charge in [-0.05, 0) is 13.8 Å². The van der Waals surface area contributed by atoms with Crippen LogP contribution < -0.4 is 5.32 Å². The second kappa shape index (κ2) is 10.7. The number of methoxy groups -OCH3 is 1.